The van der Waals surface area contributed by atoms with Crippen LogP contribution in [0.4, 0.5) is 11.6 Å². The van der Waals surface area contributed by atoms with E-state index in [0.717, 1.165) is 60.1 Å². The average Bonchev–Trinajstić information content (AvgIpc) is 3.50. The molecule has 0 aliphatic carbocycles. The predicted molar refractivity (Wildman–Crippen MR) is 130 cm³/mol. The van der Waals surface area contributed by atoms with Gasteiger partial charge in [0.05, 0.1) is 31.1 Å². The number of aromatic nitrogens is 3. The summed E-state index contributed by atoms with van der Waals surface area (Å²) < 4.78 is 13.5. The van der Waals surface area contributed by atoms with E-state index in [2.05, 4.69) is 31.0 Å². The molecule has 3 aromatic rings. The molecule has 9 heteroatoms. The highest BCUT2D eigenvalue weighted by molar-refractivity contribution is 8.00. The van der Waals surface area contributed by atoms with Crippen molar-refractivity contribution in [2.45, 2.75) is 42.8 Å². The quantitative estimate of drug-likeness (QED) is 0.532. The van der Waals surface area contributed by atoms with E-state index in [1.54, 1.807) is 0 Å². The van der Waals surface area contributed by atoms with Crippen LogP contribution in [-0.2, 0) is 20.8 Å². The van der Waals surface area contributed by atoms with Gasteiger partial charge in [0.2, 0.25) is 11.9 Å². The second kappa shape index (κ2) is 10.1. The zero-order valence-corrected chi connectivity index (χ0v) is 19.6. The minimum atomic E-state index is -0.332. The van der Waals surface area contributed by atoms with Crippen molar-refractivity contribution < 1.29 is 14.3 Å². The highest BCUT2D eigenvalue weighted by atomic mass is 32.2. The van der Waals surface area contributed by atoms with Gasteiger partial charge in [0.25, 0.3) is 0 Å². The second-order valence-electron chi connectivity index (χ2n) is 8.44. The maximum atomic E-state index is 13.0. The first kappa shape index (κ1) is 22.2. The van der Waals surface area contributed by atoms with E-state index < -0.39 is 0 Å². The lowest BCUT2D eigenvalue weighted by molar-refractivity contribution is -0.115. The van der Waals surface area contributed by atoms with Crippen LogP contribution in [0.5, 0.6) is 0 Å². The monoisotopic (exact) mass is 467 g/mol. The summed E-state index contributed by atoms with van der Waals surface area (Å²) in [5.41, 5.74) is 0.793. The lowest BCUT2D eigenvalue weighted by Gasteiger charge is -2.28. The van der Waals surface area contributed by atoms with Gasteiger partial charge in [-0.3, -0.25) is 9.36 Å². The van der Waals surface area contributed by atoms with E-state index in [1.165, 1.54) is 11.8 Å². The van der Waals surface area contributed by atoms with E-state index in [4.69, 9.17) is 9.47 Å². The van der Waals surface area contributed by atoms with Gasteiger partial charge >= 0.3 is 0 Å². The summed E-state index contributed by atoms with van der Waals surface area (Å²) in [6, 6.07) is 14.1. The van der Waals surface area contributed by atoms with Crippen molar-refractivity contribution in [1.82, 2.24) is 14.8 Å². The Morgan fingerprint density at radius 3 is 2.76 bits per heavy atom. The maximum absolute atomic E-state index is 13.0. The van der Waals surface area contributed by atoms with Gasteiger partial charge in [0.1, 0.15) is 0 Å². The number of morpholine rings is 1. The Balaban J connectivity index is 1.31. The Labute approximate surface area is 197 Å². The molecule has 1 amide bonds. The number of carbonyl (C=O) groups excluding carboxylic acids is 1. The molecule has 2 aliphatic rings. The molecule has 2 aliphatic heterocycles. The van der Waals surface area contributed by atoms with E-state index in [0.29, 0.717) is 19.8 Å². The maximum Gasteiger partial charge on any atom is 0.237 e. The molecule has 0 bridgehead atoms. The van der Waals surface area contributed by atoms with Crippen molar-refractivity contribution in [2.75, 3.05) is 43.1 Å². The van der Waals surface area contributed by atoms with Gasteiger partial charge in [-0.05, 0) is 42.7 Å². The molecular weight excluding hydrogens is 438 g/mol. The number of benzene rings is 2. The number of fused-ring (bicyclic) bond motifs is 1. The second-order valence-corrected chi connectivity index (χ2v) is 9.75. The van der Waals surface area contributed by atoms with Crippen LogP contribution in [0.3, 0.4) is 0 Å². The van der Waals surface area contributed by atoms with Crippen molar-refractivity contribution in [3.63, 3.8) is 0 Å². The predicted octanol–water partition coefficient (Wildman–Crippen LogP) is 3.57. The number of rotatable bonds is 7. The van der Waals surface area contributed by atoms with Crippen molar-refractivity contribution in [2.24, 2.45) is 0 Å². The fourth-order valence-corrected chi connectivity index (χ4v) is 5.09. The highest BCUT2D eigenvalue weighted by Gasteiger charge is 2.27. The zero-order valence-electron chi connectivity index (χ0n) is 18.8. The third-order valence-electron chi connectivity index (χ3n) is 6.07. The van der Waals surface area contributed by atoms with Crippen molar-refractivity contribution >= 4 is 40.1 Å². The van der Waals surface area contributed by atoms with Gasteiger partial charge in [0, 0.05) is 25.4 Å². The summed E-state index contributed by atoms with van der Waals surface area (Å²) >= 11 is 1.43. The van der Waals surface area contributed by atoms with Gasteiger partial charge in [-0.2, -0.15) is 0 Å². The molecule has 3 heterocycles. The van der Waals surface area contributed by atoms with Crippen LogP contribution in [0.1, 0.15) is 19.8 Å². The molecule has 2 saturated heterocycles. The first-order chi connectivity index (χ1) is 16.2. The minimum absolute atomic E-state index is 0.0603. The third-order valence-corrected chi connectivity index (χ3v) is 7.15. The smallest absolute Gasteiger partial charge is 0.237 e. The number of hydrogen-bond donors (Lipinski definition) is 1. The van der Waals surface area contributed by atoms with Gasteiger partial charge in [-0.1, -0.05) is 42.1 Å². The molecule has 2 unspecified atom stereocenters. The first-order valence-electron chi connectivity index (χ1n) is 11.5. The first-order valence-corrected chi connectivity index (χ1v) is 12.4. The summed E-state index contributed by atoms with van der Waals surface area (Å²) in [7, 11) is 0. The number of nitrogens with zero attached hydrogens (tertiary/aromatic N) is 4. The van der Waals surface area contributed by atoms with Crippen LogP contribution in [0, 0.1) is 0 Å². The third kappa shape index (κ3) is 5.15. The molecular formula is C24H29N5O3S. The number of nitrogens with one attached hydrogen (secondary N) is 1. The normalized spacial score (nSPS) is 19.7. The van der Waals surface area contributed by atoms with Crippen LogP contribution in [0.15, 0.2) is 47.6 Å². The topological polar surface area (TPSA) is 81.5 Å². The summed E-state index contributed by atoms with van der Waals surface area (Å²) in [4.78, 5) is 15.2. The Hall–Kier alpha value is -2.62. The number of amides is 1. The van der Waals surface area contributed by atoms with E-state index >= 15 is 0 Å². The van der Waals surface area contributed by atoms with Crippen molar-refractivity contribution in [1.29, 1.82) is 0 Å². The number of carbonyl (C=O) groups is 1. The fraction of sp³-hybridized carbons (Fsp3) is 0.458. The van der Waals surface area contributed by atoms with Gasteiger partial charge < -0.3 is 19.7 Å². The Bertz CT molecular complexity index is 1110. The highest BCUT2D eigenvalue weighted by Crippen LogP contribution is 2.29. The molecule has 2 fully saturated rings. The summed E-state index contributed by atoms with van der Waals surface area (Å²) in [5.74, 6) is 0.772. The summed E-state index contributed by atoms with van der Waals surface area (Å²) in [5, 5.41) is 14.7. The number of thioether (sulfide) groups is 1. The lowest BCUT2D eigenvalue weighted by Crippen LogP contribution is -2.38. The zero-order chi connectivity index (χ0) is 22.6. The van der Waals surface area contributed by atoms with Crippen LogP contribution in [0.2, 0.25) is 0 Å². The Morgan fingerprint density at radius 2 is 1.97 bits per heavy atom. The van der Waals surface area contributed by atoms with E-state index in [1.807, 2.05) is 43.3 Å². The number of ether oxygens (including phenoxy) is 2. The largest absolute Gasteiger partial charge is 0.378 e. The standard InChI is InChI=1S/C24H29N5O3S/c1-17(22(30)25-20-9-8-18-5-2-3-6-19(18)15-20)33-24-27-26-23(28-10-13-31-14-11-28)29(24)16-21-7-4-12-32-21/h2-3,5-6,8-9,15,17,21H,4,7,10-14,16H2,1H3,(H,25,30). The van der Waals surface area contributed by atoms with E-state index in [-0.39, 0.29) is 17.3 Å². The molecule has 8 nitrogen and oxygen atoms in total. The Kier molecular flexibility index (Phi) is 6.80. The molecule has 2 aromatic carbocycles. The van der Waals surface area contributed by atoms with Gasteiger partial charge in [-0.15, -0.1) is 10.2 Å². The van der Waals surface area contributed by atoms with Gasteiger partial charge in [0.15, 0.2) is 5.16 Å². The molecule has 0 spiro atoms. The van der Waals surface area contributed by atoms with Crippen LogP contribution < -0.4 is 10.2 Å². The van der Waals surface area contributed by atoms with Crippen molar-refractivity contribution in [3.05, 3.63) is 42.5 Å². The van der Waals surface area contributed by atoms with Crippen LogP contribution >= 0.6 is 11.8 Å². The molecule has 0 saturated carbocycles. The molecule has 0 radical (unpaired) electrons. The molecule has 1 N–H and O–H groups in total. The lowest BCUT2D eigenvalue weighted by atomic mass is 10.1. The van der Waals surface area contributed by atoms with Crippen LogP contribution in [-0.4, -0.2) is 64.9 Å². The Morgan fingerprint density at radius 1 is 1.15 bits per heavy atom. The molecule has 174 valence electrons. The SMILES string of the molecule is CC(Sc1nnc(N2CCOCC2)n1CC1CCCO1)C(=O)Nc1ccc2ccccc2c1. The number of hydrogen-bond acceptors (Lipinski definition) is 7. The molecule has 33 heavy (non-hydrogen) atoms. The summed E-state index contributed by atoms with van der Waals surface area (Å²) in [6.45, 7) is 6.33. The molecule has 1 aromatic heterocycles. The molecule has 5 rings (SSSR count). The van der Waals surface area contributed by atoms with Crippen molar-refractivity contribution in [3.8, 4) is 0 Å². The fourth-order valence-electron chi connectivity index (χ4n) is 4.24. The summed E-state index contributed by atoms with van der Waals surface area (Å²) in [6.07, 6.45) is 2.26. The average molecular weight is 468 g/mol. The number of anilines is 2. The van der Waals surface area contributed by atoms with Crippen LogP contribution in [0.25, 0.3) is 10.8 Å². The van der Waals surface area contributed by atoms with E-state index in [9.17, 15) is 4.79 Å². The molecule has 2 atom stereocenters. The minimum Gasteiger partial charge on any atom is -0.378 e. The van der Waals surface area contributed by atoms with Gasteiger partial charge in [-0.25, -0.2) is 0 Å².